The average Bonchev–Trinajstić information content (AvgIpc) is 2.58. The first-order valence-corrected chi connectivity index (χ1v) is 8.00. The third-order valence-corrected chi connectivity index (χ3v) is 3.89. The van der Waals surface area contributed by atoms with Gasteiger partial charge in [-0.2, -0.15) is 0 Å². The van der Waals surface area contributed by atoms with E-state index in [0.29, 0.717) is 22.5 Å². The zero-order valence-corrected chi connectivity index (χ0v) is 14.4. The molecule has 0 saturated heterocycles. The highest BCUT2D eigenvalue weighted by Crippen LogP contribution is 2.15. The Hall–Kier alpha value is -2.67. The maximum Gasteiger partial charge on any atom is 0.280 e. The summed E-state index contributed by atoms with van der Waals surface area (Å²) >= 11 is 3.33. The molecule has 0 saturated carbocycles. The van der Waals surface area contributed by atoms with Crippen LogP contribution in [0.1, 0.15) is 5.82 Å². The fraction of sp³-hybridized carbons (Fsp3) is 0.118. The summed E-state index contributed by atoms with van der Waals surface area (Å²) in [7, 11) is 0. The molecule has 1 amide bonds. The van der Waals surface area contributed by atoms with Crippen molar-refractivity contribution in [1.29, 1.82) is 0 Å². The second-order valence-electron chi connectivity index (χ2n) is 5.09. The number of aryl methyl sites for hydroxylation is 1. The van der Waals surface area contributed by atoms with Crippen LogP contribution >= 0.6 is 15.9 Å². The van der Waals surface area contributed by atoms with Crippen LogP contribution in [0, 0.1) is 6.92 Å². The van der Waals surface area contributed by atoms with E-state index in [1.165, 1.54) is 0 Å². The molecule has 0 aliphatic rings. The molecule has 0 spiro atoms. The summed E-state index contributed by atoms with van der Waals surface area (Å²) in [6.07, 6.45) is 0. The molecule has 2 aromatic carbocycles. The Morgan fingerprint density at radius 2 is 1.92 bits per heavy atom. The molecular weight excluding hydrogens is 374 g/mol. The zero-order valence-electron chi connectivity index (χ0n) is 12.8. The Bertz CT molecular complexity index is 951. The lowest BCUT2D eigenvalue weighted by Crippen LogP contribution is -2.37. The van der Waals surface area contributed by atoms with Crippen LogP contribution in [-0.4, -0.2) is 22.2 Å². The van der Waals surface area contributed by atoms with Crippen LogP contribution in [0.2, 0.25) is 0 Å². The number of para-hydroxylation sites is 1. The molecule has 3 rings (SSSR count). The fourth-order valence-electron chi connectivity index (χ4n) is 2.21. The van der Waals surface area contributed by atoms with E-state index < -0.39 is 5.91 Å². The number of halogens is 1. The third-order valence-electron chi connectivity index (χ3n) is 3.36. The summed E-state index contributed by atoms with van der Waals surface area (Å²) in [5.41, 5.74) is 2.79. The normalized spacial score (nSPS) is 10.6. The van der Waals surface area contributed by atoms with Gasteiger partial charge >= 0.3 is 0 Å². The van der Waals surface area contributed by atoms with Gasteiger partial charge in [0.25, 0.3) is 11.5 Å². The molecule has 1 aromatic heterocycles. The van der Waals surface area contributed by atoms with Crippen molar-refractivity contribution in [2.24, 2.45) is 0 Å². The Labute approximate surface area is 146 Å². The number of ether oxygens (including phenoxy) is 1. The van der Waals surface area contributed by atoms with E-state index in [9.17, 15) is 9.59 Å². The number of hydrogen-bond acceptors (Lipinski definition) is 4. The second kappa shape index (κ2) is 6.84. The van der Waals surface area contributed by atoms with Gasteiger partial charge in [-0.3, -0.25) is 15.0 Å². The lowest BCUT2D eigenvalue weighted by molar-refractivity contribution is -0.119. The largest absolute Gasteiger partial charge is 0.484 e. The SMILES string of the molecule is Cc1nc2ccccc2c(=O)n1NC(=O)COc1ccc(Br)cc1. The van der Waals surface area contributed by atoms with Crippen LogP contribution in [0.3, 0.4) is 0 Å². The van der Waals surface area contributed by atoms with Gasteiger partial charge in [0, 0.05) is 4.47 Å². The second-order valence-corrected chi connectivity index (χ2v) is 6.01. The van der Waals surface area contributed by atoms with E-state index in [4.69, 9.17) is 4.74 Å². The van der Waals surface area contributed by atoms with E-state index in [2.05, 4.69) is 26.3 Å². The minimum absolute atomic E-state index is 0.208. The number of fused-ring (bicyclic) bond motifs is 1. The van der Waals surface area contributed by atoms with Gasteiger partial charge in [0.1, 0.15) is 11.6 Å². The molecule has 0 unspecified atom stereocenters. The summed E-state index contributed by atoms with van der Waals surface area (Å²) in [5.74, 6) is 0.518. The topological polar surface area (TPSA) is 73.2 Å². The molecule has 24 heavy (non-hydrogen) atoms. The number of hydrogen-bond donors (Lipinski definition) is 1. The van der Waals surface area contributed by atoms with Crippen molar-refractivity contribution < 1.29 is 9.53 Å². The highest BCUT2D eigenvalue weighted by Gasteiger charge is 2.11. The molecule has 1 N–H and O–H groups in total. The number of benzene rings is 2. The van der Waals surface area contributed by atoms with Gasteiger partial charge in [-0.15, -0.1) is 0 Å². The Morgan fingerprint density at radius 1 is 1.21 bits per heavy atom. The summed E-state index contributed by atoms with van der Waals surface area (Å²) in [6.45, 7) is 1.45. The van der Waals surface area contributed by atoms with Crippen LogP contribution in [0.25, 0.3) is 10.9 Å². The molecule has 0 aliphatic heterocycles. The maximum absolute atomic E-state index is 12.5. The number of carbonyl (C=O) groups excluding carboxylic acids is 1. The molecule has 0 bridgehead atoms. The molecule has 6 nitrogen and oxygen atoms in total. The highest BCUT2D eigenvalue weighted by molar-refractivity contribution is 9.10. The number of rotatable bonds is 4. The van der Waals surface area contributed by atoms with Gasteiger partial charge in [-0.1, -0.05) is 28.1 Å². The van der Waals surface area contributed by atoms with Crippen LogP contribution in [-0.2, 0) is 4.79 Å². The van der Waals surface area contributed by atoms with E-state index in [1.54, 1.807) is 37.3 Å². The predicted octanol–water partition coefficient (Wildman–Crippen LogP) is 2.62. The molecule has 0 atom stereocenters. The first-order chi connectivity index (χ1) is 11.5. The number of carbonyl (C=O) groups is 1. The van der Waals surface area contributed by atoms with Crippen molar-refractivity contribution in [3.8, 4) is 5.75 Å². The Kier molecular flexibility index (Phi) is 4.61. The van der Waals surface area contributed by atoms with Gasteiger partial charge in [-0.25, -0.2) is 9.66 Å². The van der Waals surface area contributed by atoms with Crippen LogP contribution in [0.5, 0.6) is 5.75 Å². The zero-order chi connectivity index (χ0) is 17.1. The average molecular weight is 388 g/mol. The standard InChI is InChI=1S/C17H14BrN3O3/c1-11-19-15-5-3-2-4-14(15)17(23)21(11)20-16(22)10-24-13-8-6-12(18)7-9-13/h2-9H,10H2,1H3,(H,20,22). The Morgan fingerprint density at radius 3 is 2.67 bits per heavy atom. The van der Waals surface area contributed by atoms with Crippen molar-refractivity contribution >= 4 is 32.7 Å². The van der Waals surface area contributed by atoms with Crippen molar-refractivity contribution in [2.75, 3.05) is 12.0 Å². The number of aromatic nitrogens is 2. The maximum atomic E-state index is 12.5. The van der Waals surface area contributed by atoms with E-state index in [-0.39, 0.29) is 12.2 Å². The first kappa shape index (κ1) is 16.2. The van der Waals surface area contributed by atoms with Gasteiger partial charge in [0.05, 0.1) is 10.9 Å². The lowest BCUT2D eigenvalue weighted by Gasteiger charge is -2.12. The molecule has 7 heteroatoms. The van der Waals surface area contributed by atoms with Crippen LogP contribution in [0.4, 0.5) is 0 Å². The first-order valence-electron chi connectivity index (χ1n) is 7.21. The number of nitrogens with one attached hydrogen (secondary N) is 1. The van der Waals surface area contributed by atoms with Crippen LogP contribution in [0.15, 0.2) is 57.8 Å². The van der Waals surface area contributed by atoms with Crippen molar-refractivity contribution in [3.05, 3.63) is 69.2 Å². The molecular formula is C17H14BrN3O3. The summed E-state index contributed by atoms with van der Waals surface area (Å²) in [5, 5.41) is 0.442. The van der Waals surface area contributed by atoms with Crippen molar-refractivity contribution in [1.82, 2.24) is 9.66 Å². The van der Waals surface area contributed by atoms with Gasteiger partial charge in [-0.05, 0) is 43.3 Å². The Balaban J connectivity index is 1.75. The molecule has 0 radical (unpaired) electrons. The monoisotopic (exact) mass is 387 g/mol. The molecule has 3 aromatic rings. The smallest absolute Gasteiger partial charge is 0.280 e. The number of amides is 1. The van der Waals surface area contributed by atoms with Gasteiger partial charge < -0.3 is 4.74 Å². The fourth-order valence-corrected chi connectivity index (χ4v) is 2.48. The number of nitrogens with zero attached hydrogens (tertiary/aromatic N) is 2. The van der Waals surface area contributed by atoms with Crippen molar-refractivity contribution in [2.45, 2.75) is 6.92 Å². The third kappa shape index (κ3) is 3.46. The summed E-state index contributed by atoms with van der Waals surface area (Å²) in [6, 6.07) is 14.1. The van der Waals surface area contributed by atoms with Gasteiger partial charge in [0.15, 0.2) is 6.61 Å². The van der Waals surface area contributed by atoms with Gasteiger partial charge in [0.2, 0.25) is 0 Å². The predicted molar refractivity (Wildman–Crippen MR) is 94.7 cm³/mol. The molecule has 122 valence electrons. The minimum Gasteiger partial charge on any atom is -0.484 e. The molecule has 1 heterocycles. The van der Waals surface area contributed by atoms with Crippen LogP contribution < -0.4 is 15.7 Å². The lowest BCUT2D eigenvalue weighted by atomic mass is 10.2. The summed E-state index contributed by atoms with van der Waals surface area (Å²) in [4.78, 5) is 28.8. The van der Waals surface area contributed by atoms with E-state index in [0.717, 1.165) is 9.15 Å². The van der Waals surface area contributed by atoms with E-state index in [1.807, 2.05) is 18.2 Å². The molecule has 0 fully saturated rings. The summed E-state index contributed by atoms with van der Waals surface area (Å²) < 4.78 is 7.45. The van der Waals surface area contributed by atoms with E-state index >= 15 is 0 Å². The minimum atomic E-state index is -0.444. The highest BCUT2D eigenvalue weighted by atomic mass is 79.9. The molecule has 0 aliphatic carbocycles. The quantitative estimate of drug-likeness (QED) is 0.746. The van der Waals surface area contributed by atoms with Crippen molar-refractivity contribution in [3.63, 3.8) is 0 Å².